The maximum atomic E-state index is 11.5. The zero-order valence-electron chi connectivity index (χ0n) is 16.5. The van der Waals surface area contributed by atoms with Crippen molar-refractivity contribution in [3.05, 3.63) is 121 Å². The number of allylic oxidation sites excluding steroid dienone is 7. The Bertz CT molecular complexity index is 812. The standard InChI is InChI=1S/C24H27NO3/c1-6-10-17-24(22(9-4)27-18-20-15-12-11-13-16-20)28-23(14-7-2)21(8-3)25-19(5)26/h6-17H,1,3-4,18H2,2,5H3,(H,25,26)/b14-7-,17-10-,23-21-,24-22-. The Balaban J connectivity index is 3.28. The third-order valence-electron chi connectivity index (χ3n) is 3.37. The smallest absolute Gasteiger partial charge is 0.221 e. The SMILES string of the molecule is C=C/C=C\C(OC(/C=C\C)=C(/C=C)NC(C)=O)=C(/C=C)OCc1ccccc1. The molecule has 0 aromatic heterocycles. The summed E-state index contributed by atoms with van der Waals surface area (Å²) in [4.78, 5) is 11.5. The van der Waals surface area contributed by atoms with Crippen LogP contribution in [0.3, 0.4) is 0 Å². The van der Waals surface area contributed by atoms with Gasteiger partial charge in [-0.25, -0.2) is 0 Å². The minimum absolute atomic E-state index is 0.225. The number of carbonyl (C=O) groups is 1. The lowest BCUT2D eigenvalue weighted by Crippen LogP contribution is -2.20. The summed E-state index contributed by atoms with van der Waals surface area (Å²) < 4.78 is 11.9. The van der Waals surface area contributed by atoms with Gasteiger partial charge in [-0.1, -0.05) is 68.3 Å². The molecule has 0 saturated carbocycles. The number of hydrogen-bond acceptors (Lipinski definition) is 3. The molecule has 1 aromatic rings. The predicted octanol–water partition coefficient (Wildman–Crippen LogP) is 5.47. The van der Waals surface area contributed by atoms with E-state index in [4.69, 9.17) is 9.47 Å². The summed E-state index contributed by atoms with van der Waals surface area (Å²) >= 11 is 0. The summed E-state index contributed by atoms with van der Waals surface area (Å²) in [5.74, 6) is 1.06. The zero-order chi connectivity index (χ0) is 20.8. The van der Waals surface area contributed by atoms with Gasteiger partial charge in [0.15, 0.2) is 17.3 Å². The van der Waals surface area contributed by atoms with Gasteiger partial charge in [0.25, 0.3) is 0 Å². The lowest BCUT2D eigenvalue weighted by atomic mass is 10.2. The molecule has 0 saturated heterocycles. The predicted molar refractivity (Wildman–Crippen MR) is 115 cm³/mol. The van der Waals surface area contributed by atoms with Crippen molar-refractivity contribution < 1.29 is 14.3 Å². The van der Waals surface area contributed by atoms with E-state index >= 15 is 0 Å². The van der Waals surface area contributed by atoms with E-state index in [0.717, 1.165) is 5.56 Å². The average Bonchev–Trinajstić information content (AvgIpc) is 2.70. The minimum Gasteiger partial charge on any atom is -0.485 e. The van der Waals surface area contributed by atoms with E-state index in [-0.39, 0.29) is 5.91 Å². The maximum Gasteiger partial charge on any atom is 0.221 e. The van der Waals surface area contributed by atoms with Crippen molar-refractivity contribution in [3.8, 4) is 0 Å². The first-order valence-electron chi connectivity index (χ1n) is 8.83. The van der Waals surface area contributed by atoms with Crippen LogP contribution in [0.2, 0.25) is 0 Å². The zero-order valence-corrected chi connectivity index (χ0v) is 16.5. The van der Waals surface area contributed by atoms with Gasteiger partial charge in [0.2, 0.25) is 5.91 Å². The van der Waals surface area contributed by atoms with Crippen LogP contribution in [0.15, 0.2) is 116 Å². The molecule has 146 valence electrons. The quantitative estimate of drug-likeness (QED) is 0.411. The van der Waals surface area contributed by atoms with Gasteiger partial charge in [0, 0.05) is 6.92 Å². The summed E-state index contributed by atoms with van der Waals surface area (Å²) in [5.41, 5.74) is 1.46. The van der Waals surface area contributed by atoms with E-state index in [1.807, 2.05) is 37.3 Å². The molecule has 0 spiro atoms. The van der Waals surface area contributed by atoms with Crippen LogP contribution >= 0.6 is 0 Å². The summed E-state index contributed by atoms with van der Waals surface area (Å²) in [6.07, 6.45) is 11.7. The van der Waals surface area contributed by atoms with Crippen LogP contribution < -0.4 is 5.32 Å². The summed E-state index contributed by atoms with van der Waals surface area (Å²) in [6.45, 7) is 14.9. The summed E-state index contributed by atoms with van der Waals surface area (Å²) in [6, 6.07) is 9.78. The number of amides is 1. The third-order valence-corrected chi connectivity index (χ3v) is 3.37. The Hall–Kier alpha value is -3.53. The van der Waals surface area contributed by atoms with Crippen LogP contribution in [0.1, 0.15) is 19.4 Å². The molecule has 0 radical (unpaired) electrons. The molecule has 1 rings (SSSR count). The number of nitrogens with one attached hydrogen (secondary N) is 1. The first-order chi connectivity index (χ1) is 13.5. The topological polar surface area (TPSA) is 47.6 Å². The minimum atomic E-state index is -0.225. The first kappa shape index (κ1) is 22.5. The van der Waals surface area contributed by atoms with E-state index in [0.29, 0.717) is 29.6 Å². The van der Waals surface area contributed by atoms with Crippen LogP contribution in [-0.2, 0) is 20.9 Å². The van der Waals surface area contributed by atoms with Crippen molar-refractivity contribution in [2.24, 2.45) is 0 Å². The van der Waals surface area contributed by atoms with Gasteiger partial charge in [0.05, 0.1) is 5.70 Å². The third kappa shape index (κ3) is 7.79. The molecule has 4 nitrogen and oxygen atoms in total. The van der Waals surface area contributed by atoms with E-state index in [2.05, 4.69) is 25.1 Å². The average molecular weight is 377 g/mol. The fourth-order valence-electron chi connectivity index (χ4n) is 2.14. The van der Waals surface area contributed by atoms with Gasteiger partial charge in [-0.2, -0.15) is 0 Å². The van der Waals surface area contributed by atoms with Crippen molar-refractivity contribution in [3.63, 3.8) is 0 Å². The molecule has 0 aliphatic rings. The number of rotatable bonds is 11. The molecule has 0 bridgehead atoms. The molecule has 0 unspecified atom stereocenters. The second kappa shape index (κ2) is 12.8. The number of hydrogen-bond donors (Lipinski definition) is 1. The molecule has 28 heavy (non-hydrogen) atoms. The van der Waals surface area contributed by atoms with Crippen LogP contribution in [0.25, 0.3) is 0 Å². The summed E-state index contributed by atoms with van der Waals surface area (Å²) in [7, 11) is 0. The van der Waals surface area contributed by atoms with Crippen molar-refractivity contribution in [2.75, 3.05) is 0 Å². The highest BCUT2D eigenvalue weighted by molar-refractivity contribution is 5.75. The molecule has 1 amide bonds. The van der Waals surface area contributed by atoms with Gasteiger partial charge in [-0.05, 0) is 36.8 Å². The monoisotopic (exact) mass is 377 g/mol. The van der Waals surface area contributed by atoms with E-state index in [1.54, 1.807) is 36.5 Å². The molecule has 0 heterocycles. The molecule has 0 atom stereocenters. The molecule has 0 aliphatic carbocycles. The van der Waals surface area contributed by atoms with Crippen LogP contribution in [0.4, 0.5) is 0 Å². The highest BCUT2D eigenvalue weighted by atomic mass is 16.5. The van der Waals surface area contributed by atoms with Gasteiger partial charge >= 0.3 is 0 Å². The number of benzene rings is 1. The summed E-state index contributed by atoms with van der Waals surface area (Å²) in [5, 5.41) is 2.70. The fourth-order valence-corrected chi connectivity index (χ4v) is 2.14. The second-order valence-electron chi connectivity index (χ2n) is 5.57. The van der Waals surface area contributed by atoms with Crippen LogP contribution in [0.5, 0.6) is 0 Å². The largest absolute Gasteiger partial charge is 0.485 e. The Kier molecular flexibility index (Phi) is 10.3. The van der Waals surface area contributed by atoms with Crippen molar-refractivity contribution in [1.82, 2.24) is 5.32 Å². The second-order valence-corrected chi connectivity index (χ2v) is 5.57. The van der Waals surface area contributed by atoms with Crippen LogP contribution in [-0.4, -0.2) is 5.91 Å². The van der Waals surface area contributed by atoms with E-state index in [9.17, 15) is 4.79 Å². The highest BCUT2D eigenvalue weighted by Crippen LogP contribution is 2.20. The normalized spacial score (nSPS) is 12.8. The van der Waals surface area contributed by atoms with Gasteiger partial charge in [0.1, 0.15) is 6.61 Å². The Morgan fingerprint density at radius 3 is 2.29 bits per heavy atom. The Morgan fingerprint density at radius 2 is 1.75 bits per heavy atom. The van der Waals surface area contributed by atoms with Crippen LogP contribution in [0, 0.1) is 0 Å². The molecule has 0 aliphatic heterocycles. The fraction of sp³-hybridized carbons (Fsp3) is 0.125. The van der Waals surface area contributed by atoms with Gasteiger partial charge in [-0.15, -0.1) is 0 Å². The Labute approximate surface area is 167 Å². The molecule has 0 fully saturated rings. The first-order valence-corrected chi connectivity index (χ1v) is 8.83. The molecule has 1 aromatic carbocycles. The van der Waals surface area contributed by atoms with Crippen molar-refractivity contribution in [2.45, 2.75) is 20.5 Å². The van der Waals surface area contributed by atoms with E-state index in [1.165, 1.54) is 13.0 Å². The van der Waals surface area contributed by atoms with E-state index < -0.39 is 0 Å². The van der Waals surface area contributed by atoms with Gasteiger partial charge < -0.3 is 14.8 Å². The lowest BCUT2D eigenvalue weighted by Gasteiger charge is -2.15. The van der Waals surface area contributed by atoms with Crippen molar-refractivity contribution >= 4 is 5.91 Å². The Morgan fingerprint density at radius 1 is 1.04 bits per heavy atom. The van der Waals surface area contributed by atoms with Gasteiger partial charge in [-0.3, -0.25) is 4.79 Å². The molecule has 1 N–H and O–H groups in total. The number of carbonyl (C=O) groups excluding carboxylic acids is 1. The number of ether oxygens (including phenoxy) is 2. The molecular formula is C24H27NO3. The maximum absolute atomic E-state index is 11.5. The molecular weight excluding hydrogens is 350 g/mol. The highest BCUT2D eigenvalue weighted by Gasteiger charge is 2.11. The van der Waals surface area contributed by atoms with Crippen molar-refractivity contribution in [1.29, 1.82) is 0 Å². The lowest BCUT2D eigenvalue weighted by molar-refractivity contribution is -0.118. The molecule has 4 heteroatoms.